The molecule has 2 saturated heterocycles. The van der Waals surface area contributed by atoms with Crippen LogP contribution in [0.5, 0.6) is 0 Å². The van der Waals surface area contributed by atoms with Gasteiger partial charge in [-0.3, -0.25) is 0 Å². The van der Waals surface area contributed by atoms with Gasteiger partial charge in [-0.2, -0.15) is 4.31 Å². The molecular weight excluding hydrogens is 380 g/mol. The minimum atomic E-state index is -3.63. The summed E-state index contributed by atoms with van der Waals surface area (Å²) in [6.45, 7) is 12.4. The van der Waals surface area contributed by atoms with E-state index in [-0.39, 0.29) is 4.90 Å². The zero-order valence-corrected chi connectivity index (χ0v) is 17.4. The van der Waals surface area contributed by atoms with Gasteiger partial charge in [0.05, 0.1) is 5.69 Å². The number of piperazine rings is 2. The van der Waals surface area contributed by atoms with E-state index in [4.69, 9.17) is 4.63 Å². The first-order valence-electron chi connectivity index (χ1n) is 9.99. The molecule has 4 rings (SSSR count). The van der Waals surface area contributed by atoms with Crippen LogP contribution in [0.2, 0.25) is 0 Å². The van der Waals surface area contributed by atoms with Crippen molar-refractivity contribution in [2.75, 3.05) is 70.3 Å². The second-order valence-corrected chi connectivity index (χ2v) is 9.21. The van der Waals surface area contributed by atoms with Gasteiger partial charge < -0.3 is 14.7 Å². The average Bonchev–Trinajstić information content (AvgIpc) is 3.23. The third kappa shape index (κ3) is 3.49. The van der Waals surface area contributed by atoms with Gasteiger partial charge >= 0.3 is 0 Å². The molecule has 0 amide bonds. The summed E-state index contributed by atoms with van der Waals surface area (Å²) in [5.41, 5.74) is 1.74. The average molecular weight is 409 g/mol. The standard InChI is InChI=1S/C18H28N6O3S/c1-3-21-7-11-23(12-8-21)15-5-6-16(18-17(15)19-27-20-18)28(25,26)24-13-9-22(4-2)10-14-24/h5-6H,3-4,7-14H2,1-2H3. The van der Waals surface area contributed by atoms with Crippen LogP contribution in [0.15, 0.2) is 21.7 Å². The molecule has 0 radical (unpaired) electrons. The van der Waals surface area contributed by atoms with Crippen LogP contribution >= 0.6 is 0 Å². The monoisotopic (exact) mass is 408 g/mol. The molecule has 0 atom stereocenters. The number of sulfonamides is 1. The fourth-order valence-electron chi connectivity index (χ4n) is 4.02. The third-order valence-electron chi connectivity index (χ3n) is 5.91. The molecular formula is C18H28N6O3S. The zero-order chi connectivity index (χ0) is 19.7. The van der Waals surface area contributed by atoms with Gasteiger partial charge in [-0.05, 0) is 35.5 Å². The number of hydrogen-bond acceptors (Lipinski definition) is 8. The molecule has 2 aromatic rings. The maximum Gasteiger partial charge on any atom is 0.245 e. The van der Waals surface area contributed by atoms with Crippen LogP contribution in [0.4, 0.5) is 5.69 Å². The Hall–Kier alpha value is -1.75. The largest absolute Gasteiger partial charge is 0.367 e. The third-order valence-corrected chi connectivity index (χ3v) is 7.84. The highest BCUT2D eigenvalue weighted by molar-refractivity contribution is 7.89. The van der Waals surface area contributed by atoms with Crippen molar-refractivity contribution in [2.45, 2.75) is 18.7 Å². The van der Waals surface area contributed by atoms with Crippen molar-refractivity contribution < 1.29 is 13.0 Å². The quantitative estimate of drug-likeness (QED) is 0.714. The first-order chi connectivity index (χ1) is 13.5. The van der Waals surface area contributed by atoms with Gasteiger partial charge in [0, 0.05) is 52.4 Å². The molecule has 9 nitrogen and oxygen atoms in total. The van der Waals surface area contributed by atoms with Crippen molar-refractivity contribution in [3.8, 4) is 0 Å². The Balaban J connectivity index is 1.62. The van der Waals surface area contributed by atoms with E-state index in [0.717, 1.165) is 58.0 Å². The number of fused-ring (bicyclic) bond motifs is 1. The van der Waals surface area contributed by atoms with E-state index in [1.54, 1.807) is 10.4 Å². The molecule has 0 N–H and O–H groups in total. The van der Waals surface area contributed by atoms with Crippen molar-refractivity contribution in [3.05, 3.63) is 12.1 Å². The van der Waals surface area contributed by atoms with Gasteiger partial charge in [-0.25, -0.2) is 13.0 Å². The Kier molecular flexibility index (Phi) is 5.55. The summed E-state index contributed by atoms with van der Waals surface area (Å²) in [6.07, 6.45) is 0. The molecule has 0 aliphatic carbocycles. The lowest BCUT2D eigenvalue weighted by atomic mass is 10.2. The molecule has 2 aliphatic rings. The minimum absolute atomic E-state index is 0.185. The van der Waals surface area contributed by atoms with Crippen LogP contribution in [0.1, 0.15) is 13.8 Å². The van der Waals surface area contributed by atoms with E-state index in [1.807, 2.05) is 6.07 Å². The van der Waals surface area contributed by atoms with Gasteiger partial charge in [-0.1, -0.05) is 13.8 Å². The maximum atomic E-state index is 13.2. The lowest BCUT2D eigenvalue weighted by Crippen LogP contribution is -2.48. The van der Waals surface area contributed by atoms with E-state index in [9.17, 15) is 8.42 Å². The summed E-state index contributed by atoms with van der Waals surface area (Å²) in [7, 11) is -3.63. The van der Waals surface area contributed by atoms with Crippen molar-refractivity contribution in [1.82, 2.24) is 24.4 Å². The Morgan fingerprint density at radius 2 is 1.43 bits per heavy atom. The van der Waals surface area contributed by atoms with Gasteiger partial charge in [0.1, 0.15) is 4.90 Å². The minimum Gasteiger partial charge on any atom is -0.367 e. The molecule has 3 heterocycles. The Labute approximate surface area is 165 Å². The Morgan fingerprint density at radius 1 is 0.857 bits per heavy atom. The SMILES string of the molecule is CCN1CCN(c2ccc(S(=O)(=O)N3CCN(CC)CC3)c3nonc23)CC1. The summed E-state index contributed by atoms with van der Waals surface area (Å²) < 4.78 is 33.0. The Bertz CT molecular complexity index is 915. The molecule has 1 aromatic carbocycles. The van der Waals surface area contributed by atoms with Crippen molar-refractivity contribution in [2.24, 2.45) is 0 Å². The van der Waals surface area contributed by atoms with E-state index >= 15 is 0 Å². The van der Waals surface area contributed by atoms with Crippen molar-refractivity contribution in [1.29, 1.82) is 0 Å². The number of rotatable bonds is 5. The fourth-order valence-corrected chi connectivity index (χ4v) is 5.56. The molecule has 2 fully saturated rings. The predicted molar refractivity (Wildman–Crippen MR) is 107 cm³/mol. The molecule has 2 aliphatic heterocycles. The second kappa shape index (κ2) is 7.94. The lowest BCUT2D eigenvalue weighted by molar-refractivity contribution is 0.196. The molecule has 0 spiro atoms. The Morgan fingerprint density at radius 3 is 2.04 bits per heavy atom. The molecule has 1 aromatic heterocycles. The summed E-state index contributed by atoms with van der Waals surface area (Å²) in [5, 5.41) is 8.00. The molecule has 10 heteroatoms. The first kappa shape index (κ1) is 19.6. The van der Waals surface area contributed by atoms with E-state index in [2.05, 4.69) is 38.9 Å². The summed E-state index contributed by atoms with van der Waals surface area (Å²) in [6, 6.07) is 3.51. The summed E-state index contributed by atoms with van der Waals surface area (Å²) in [4.78, 5) is 7.06. The van der Waals surface area contributed by atoms with Gasteiger partial charge in [-0.15, -0.1) is 0 Å². The van der Waals surface area contributed by atoms with Gasteiger partial charge in [0.25, 0.3) is 0 Å². The van der Waals surface area contributed by atoms with E-state index in [1.165, 1.54) is 0 Å². The lowest BCUT2D eigenvalue weighted by Gasteiger charge is -2.35. The van der Waals surface area contributed by atoms with Gasteiger partial charge in [0.2, 0.25) is 10.0 Å². The van der Waals surface area contributed by atoms with E-state index < -0.39 is 10.0 Å². The molecule has 0 saturated carbocycles. The molecule has 28 heavy (non-hydrogen) atoms. The highest BCUT2D eigenvalue weighted by Crippen LogP contribution is 2.32. The topological polar surface area (TPSA) is 86.0 Å². The predicted octanol–water partition coefficient (Wildman–Crippen LogP) is 0.691. The maximum absolute atomic E-state index is 13.2. The number of aromatic nitrogens is 2. The van der Waals surface area contributed by atoms with Crippen LogP contribution in [0, 0.1) is 0 Å². The second-order valence-electron chi connectivity index (χ2n) is 7.30. The van der Waals surface area contributed by atoms with Gasteiger partial charge in [0.15, 0.2) is 11.0 Å². The number of anilines is 1. The summed E-state index contributed by atoms with van der Waals surface area (Å²) >= 11 is 0. The number of hydrogen-bond donors (Lipinski definition) is 0. The van der Waals surface area contributed by atoms with Crippen LogP contribution in [-0.4, -0.2) is 98.3 Å². The molecule has 0 unspecified atom stereocenters. The van der Waals surface area contributed by atoms with Crippen LogP contribution in [0.3, 0.4) is 0 Å². The normalized spacial score (nSPS) is 20.9. The van der Waals surface area contributed by atoms with E-state index in [0.29, 0.717) is 24.1 Å². The highest BCUT2D eigenvalue weighted by atomic mass is 32.2. The molecule has 0 bridgehead atoms. The first-order valence-corrected chi connectivity index (χ1v) is 11.4. The van der Waals surface area contributed by atoms with Crippen molar-refractivity contribution >= 4 is 26.7 Å². The smallest absolute Gasteiger partial charge is 0.245 e. The van der Waals surface area contributed by atoms with Crippen LogP contribution in [-0.2, 0) is 10.0 Å². The van der Waals surface area contributed by atoms with Crippen LogP contribution < -0.4 is 4.90 Å². The number of likely N-dealkylation sites (N-methyl/N-ethyl adjacent to an activating group) is 2. The number of benzene rings is 1. The summed E-state index contributed by atoms with van der Waals surface area (Å²) in [5.74, 6) is 0. The molecule has 154 valence electrons. The highest BCUT2D eigenvalue weighted by Gasteiger charge is 2.32. The van der Waals surface area contributed by atoms with Crippen LogP contribution in [0.25, 0.3) is 11.0 Å². The zero-order valence-electron chi connectivity index (χ0n) is 16.5. The fraction of sp³-hybridized carbons (Fsp3) is 0.667. The number of nitrogens with zero attached hydrogens (tertiary/aromatic N) is 6. The van der Waals surface area contributed by atoms with Crippen molar-refractivity contribution in [3.63, 3.8) is 0 Å².